The summed E-state index contributed by atoms with van der Waals surface area (Å²) in [6.45, 7) is 7.68. The van der Waals surface area contributed by atoms with Gasteiger partial charge in [-0.25, -0.2) is 4.79 Å². The van der Waals surface area contributed by atoms with Crippen molar-refractivity contribution in [3.63, 3.8) is 0 Å². The fourth-order valence-electron chi connectivity index (χ4n) is 2.48. The van der Waals surface area contributed by atoms with Crippen molar-refractivity contribution in [1.29, 1.82) is 0 Å². The summed E-state index contributed by atoms with van der Waals surface area (Å²) in [4.78, 5) is 30.9. The summed E-state index contributed by atoms with van der Waals surface area (Å²) in [7, 11) is 0. The molecule has 1 aliphatic rings. The van der Waals surface area contributed by atoms with Crippen LogP contribution < -0.4 is 11.1 Å². The number of aryl methyl sites for hydroxylation is 1. The van der Waals surface area contributed by atoms with Crippen LogP contribution in [0.15, 0.2) is 23.4 Å². The topological polar surface area (TPSA) is 115 Å². The van der Waals surface area contributed by atoms with E-state index in [0.29, 0.717) is 23.9 Å². The van der Waals surface area contributed by atoms with Crippen LogP contribution in [0.2, 0.25) is 5.02 Å². The average molecular weight is 427 g/mol. The Balaban J connectivity index is 1.91. The molecule has 10 heteroatoms. The lowest BCUT2D eigenvalue weighted by Crippen LogP contribution is -2.55. The predicted molar refractivity (Wildman–Crippen MR) is 110 cm³/mol. The standard InChI is InChI=1S/C19H27ClN4O5/c1-12-5-6-13(9-14(12)20)22-16(25)11-28-23-17(21)15-10-27-8-7-24(15)18(26)29-19(2,3)4/h5-6,9,15H,7-8,10-11H2,1-4H3,(H2,21,23)(H,22,25). The Morgan fingerprint density at radius 3 is 2.79 bits per heavy atom. The van der Waals surface area contributed by atoms with Gasteiger partial charge in [0.2, 0.25) is 0 Å². The van der Waals surface area contributed by atoms with Gasteiger partial charge in [0.1, 0.15) is 11.6 Å². The minimum atomic E-state index is -0.641. The Kier molecular flexibility index (Phi) is 7.69. The van der Waals surface area contributed by atoms with Crippen molar-refractivity contribution in [1.82, 2.24) is 4.90 Å². The monoisotopic (exact) mass is 426 g/mol. The van der Waals surface area contributed by atoms with Gasteiger partial charge in [0.25, 0.3) is 5.91 Å². The second kappa shape index (κ2) is 9.80. The van der Waals surface area contributed by atoms with Crippen LogP contribution in [0, 0.1) is 6.92 Å². The Hall–Kier alpha value is -2.52. The fourth-order valence-corrected chi connectivity index (χ4v) is 2.66. The number of carbonyl (C=O) groups is 2. The zero-order valence-corrected chi connectivity index (χ0v) is 17.8. The van der Waals surface area contributed by atoms with Crippen molar-refractivity contribution >= 4 is 35.1 Å². The van der Waals surface area contributed by atoms with Gasteiger partial charge in [0.15, 0.2) is 12.4 Å². The van der Waals surface area contributed by atoms with Crippen LogP contribution in [0.1, 0.15) is 26.3 Å². The number of amidine groups is 1. The number of morpholine rings is 1. The number of amides is 2. The second-order valence-corrected chi connectivity index (χ2v) is 7.97. The zero-order valence-electron chi connectivity index (χ0n) is 17.0. The maximum atomic E-state index is 12.4. The number of oxime groups is 1. The largest absolute Gasteiger partial charge is 0.444 e. The molecule has 1 atom stereocenters. The van der Waals surface area contributed by atoms with E-state index in [9.17, 15) is 9.59 Å². The van der Waals surface area contributed by atoms with Crippen molar-refractivity contribution in [2.75, 3.05) is 31.7 Å². The fraction of sp³-hybridized carbons (Fsp3) is 0.526. The first-order chi connectivity index (χ1) is 13.6. The van der Waals surface area contributed by atoms with Gasteiger partial charge in [-0.2, -0.15) is 0 Å². The summed E-state index contributed by atoms with van der Waals surface area (Å²) >= 11 is 6.03. The minimum absolute atomic E-state index is 0.0155. The Morgan fingerprint density at radius 1 is 1.41 bits per heavy atom. The summed E-state index contributed by atoms with van der Waals surface area (Å²) < 4.78 is 10.8. The van der Waals surface area contributed by atoms with E-state index in [0.717, 1.165) is 5.56 Å². The third kappa shape index (κ3) is 7.10. The van der Waals surface area contributed by atoms with Crippen LogP contribution in [-0.2, 0) is 19.1 Å². The molecule has 1 heterocycles. The molecular weight excluding hydrogens is 400 g/mol. The van der Waals surface area contributed by atoms with E-state index in [4.69, 9.17) is 31.6 Å². The van der Waals surface area contributed by atoms with Crippen LogP contribution in [0.5, 0.6) is 0 Å². The Labute approximate surface area is 175 Å². The van der Waals surface area contributed by atoms with Gasteiger partial charge in [0.05, 0.1) is 13.2 Å². The van der Waals surface area contributed by atoms with Crippen LogP contribution in [0.25, 0.3) is 0 Å². The van der Waals surface area contributed by atoms with Gasteiger partial charge in [-0.1, -0.05) is 22.8 Å². The molecule has 29 heavy (non-hydrogen) atoms. The molecule has 2 amide bonds. The molecule has 0 bridgehead atoms. The number of hydrogen-bond acceptors (Lipinski definition) is 6. The first-order valence-electron chi connectivity index (χ1n) is 9.15. The van der Waals surface area contributed by atoms with Crippen LogP contribution in [0.3, 0.4) is 0 Å². The Bertz CT molecular complexity index is 778. The van der Waals surface area contributed by atoms with Gasteiger partial charge in [-0.3, -0.25) is 9.69 Å². The van der Waals surface area contributed by atoms with Crippen LogP contribution >= 0.6 is 11.6 Å². The van der Waals surface area contributed by atoms with Gasteiger partial charge in [-0.15, -0.1) is 0 Å². The minimum Gasteiger partial charge on any atom is -0.444 e. The molecule has 0 spiro atoms. The van der Waals surface area contributed by atoms with Gasteiger partial charge >= 0.3 is 6.09 Å². The number of anilines is 1. The van der Waals surface area contributed by atoms with Crippen molar-refractivity contribution in [3.05, 3.63) is 28.8 Å². The summed E-state index contributed by atoms with van der Waals surface area (Å²) in [5.74, 6) is -0.410. The number of benzene rings is 1. The number of nitrogens with zero attached hydrogens (tertiary/aromatic N) is 2. The molecule has 0 aromatic heterocycles. The highest BCUT2D eigenvalue weighted by molar-refractivity contribution is 6.31. The molecule has 0 aliphatic carbocycles. The van der Waals surface area contributed by atoms with E-state index in [-0.39, 0.29) is 19.0 Å². The van der Waals surface area contributed by atoms with E-state index >= 15 is 0 Å². The van der Waals surface area contributed by atoms with E-state index < -0.39 is 23.6 Å². The molecule has 0 radical (unpaired) electrons. The number of halogens is 1. The maximum absolute atomic E-state index is 12.4. The van der Waals surface area contributed by atoms with E-state index in [2.05, 4.69) is 10.5 Å². The molecule has 0 saturated carbocycles. The third-order valence-electron chi connectivity index (χ3n) is 3.92. The average Bonchev–Trinajstić information content (AvgIpc) is 2.63. The van der Waals surface area contributed by atoms with Crippen molar-refractivity contribution < 1.29 is 23.9 Å². The highest BCUT2D eigenvalue weighted by Gasteiger charge is 2.33. The molecule has 1 aliphatic heterocycles. The molecule has 9 nitrogen and oxygen atoms in total. The molecule has 1 aromatic rings. The van der Waals surface area contributed by atoms with Gasteiger partial charge in [0, 0.05) is 17.3 Å². The summed E-state index contributed by atoms with van der Waals surface area (Å²) in [5.41, 5.74) is 6.77. The number of nitrogens with two attached hydrogens (primary N) is 1. The first kappa shape index (κ1) is 22.8. The predicted octanol–water partition coefficient (Wildman–Crippen LogP) is 2.51. The number of nitrogens with one attached hydrogen (secondary N) is 1. The quantitative estimate of drug-likeness (QED) is 0.424. The summed E-state index contributed by atoms with van der Waals surface area (Å²) in [6.07, 6.45) is -0.516. The highest BCUT2D eigenvalue weighted by atomic mass is 35.5. The lowest BCUT2D eigenvalue weighted by atomic mass is 10.2. The van der Waals surface area contributed by atoms with Crippen LogP contribution in [-0.4, -0.2) is 60.7 Å². The van der Waals surface area contributed by atoms with E-state index in [1.807, 2.05) is 6.92 Å². The SMILES string of the molecule is Cc1ccc(NC(=O)CO/N=C(\N)C2COCCN2C(=O)OC(C)(C)C)cc1Cl. The number of ether oxygens (including phenoxy) is 2. The normalized spacial score (nSPS) is 17.6. The molecule has 1 unspecified atom stereocenters. The number of hydrogen-bond donors (Lipinski definition) is 2. The van der Waals surface area contributed by atoms with Gasteiger partial charge in [-0.05, 0) is 45.4 Å². The molecule has 160 valence electrons. The smallest absolute Gasteiger partial charge is 0.411 e. The lowest BCUT2D eigenvalue weighted by molar-refractivity contribution is -0.120. The molecule has 2 rings (SSSR count). The molecule has 1 saturated heterocycles. The van der Waals surface area contributed by atoms with Crippen molar-refractivity contribution in [2.24, 2.45) is 10.9 Å². The van der Waals surface area contributed by atoms with Crippen LogP contribution in [0.4, 0.5) is 10.5 Å². The van der Waals surface area contributed by atoms with E-state index in [1.165, 1.54) is 4.90 Å². The zero-order chi connectivity index (χ0) is 21.6. The molecule has 1 fully saturated rings. The molecular formula is C19H27ClN4O5. The van der Waals surface area contributed by atoms with E-state index in [1.54, 1.807) is 39.0 Å². The third-order valence-corrected chi connectivity index (χ3v) is 4.33. The van der Waals surface area contributed by atoms with Crippen molar-refractivity contribution in [2.45, 2.75) is 39.3 Å². The molecule has 1 aromatic carbocycles. The maximum Gasteiger partial charge on any atom is 0.411 e. The summed E-state index contributed by atoms with van der Waals surface area (Å²) in [5, 5.41) is 6.96. The highest BCUT2D eigenvalue weighted by Crippen LogP contribution is 2.20. The lowest BCUT2D eigenvalue weighted by Gasteiger charge is -2.35. The molecule has 3 N–H and O–H groups in total. The number of rotatable bonds is 5. The Morgan fingerprint density at radius 2 is 2.14 bits per heavy atom. The van der Waals surface area contributed by atoms with Gasteiger partial charge < -0.3 is 25.4 Å². The van der Waals surface area contributed by atoms with Crippen molar-refractivity contribution in [3.8, 4) is 0 Å². The summed E-state index contributed by atoms with van der Waals surface area (Å²) in [6, 6.07) is 4.53. The first-order valence-corrected chi connectivity index (χ1v) is 9.53. The second-order valence-electron chi connectivity index (χ2n) is 7.57. The number of carbonyl (C=O) groups excluding carboxylic acids is 2.